The van der Waals surface area contributed by atoms with Gasteiger partial charge in [-0.25, -0.2) is 4.98 Å². The Morgan fingerprint density at radius 1 is 1.62 bits per heavy atom. The van der Waals surface area contributed by atoms with Gasteiger partial charge >= 0.3 is 0 Å². The lowest BCUT2D eigenvalue weighted by atomic mass is 10.2. The molecule has 1 saturated heterocycles. The molecule has 16 heavy (non-hydrogen) atoms. The second-order valence-corrected chi connectivity index (χ2v) is 4.06. The van der Waals surface area contributed by atoms with Crippen molar-refractivity contribution < 1.29 is 4.79 Å². The molecule has 84 valence electrons. The highest BCUT2D eigenvalue weighted by molar-refractivity contribution is 7.80. The lowest BCUT2D eigenvalue weighted by Gasteiger charge is -2.11. The maximum absolute atomic E-state index is 11.0. The van der Waals surface area contributed by atoms with Crippen LogP contribution < -0.4 is 16.4 Å². The third-order valence-corrected chi connectivity index (χ3v) is 2.54. The van der Waals surface area contributed by atoms with Crippen LogP contribution in [-0.2, 0) is 4.79 Å². The van der Waals surface area contributed by atoms with Crippen LogP contribution in [0.3, 0.4) is 0 Å². The van der Waals surface area contributed by atoms with E-state index in [-0.39, 0.29) is 16.9 Å². The van der Waals surface area contributed by atoms with Crippen LogP contribution in [0.1, 0.15) is 12.1 Å². The van der Waals surface area contributed by atoms with Crippen molar-refractivity contribution in [1.29, 1.82) is 0 Å². The standard InChI is InChI=1S/C10H12N4OS/c11-10(16)7-2-1-3-8(14-7)13-6-4-9(15)12-5-6/h1-3,6H,4-5H2,(H2,11,16)(H,12,15)(H,13,14). The number of thiocarbonyl (C=S) groups is 1. The highest BCUT2D eigenvalue weighted by Crippen LogP contribution is 2.10. The van der Waals surface area contributed by atoms with Gasteiger partial charge in [-0.3, -0.25) is 4.79 Å². The van der Waals surface area contributed by atoms with E-state index in [1.807, 2.05) is 12.1 Å². The Morgan fingerprint density at radius 3 is 3.06 bits per heavy atom. The molecule has 1 unspecified atom stereocenters. The predicted molar refractivity (Wildman–Crippen MR) is 65.2 cm³/mol. The summed E-state index contributed by atoms with van der Waals surface area (Å²) in [5.74, 6) is 0.745. The molecule has 2 rings (SSSR count). The van der Waals surface area contributed by atoms with Crippen molar-refractivity contribution in [2.24, 2.45) is 5.73 Å². The second kappa shape index (κ2) is 4.44. The Hall–Kier alpha value is -1.69. The Balaban J connectivity index is 2.07. The molecule has 0 aromatic carbocycles. The number of hydrogen-bond acceptors (Lipinski definition) is 4. The maximum Gasteiger partial charge on any atom is 0.222 e. The molecule has 1 aromatic heterocycles. The maximum atomic E-state index is 11.0. The van der Waals surface area contributed by atoms with Crippen molar-refractivity contribution in [3.8, 4) is 0 Å². The minimum Gasteiger partial charge on any atom is -0.388 e. The number of carbonyl (C=O) groups is 1. The van der Waals surface area contributed by atoms with Gasteiger partial charge in [-0.05, 0) is 12.1 Å². The molecule has 0 bridgehead atoms. The Morgan fingerprint density at radius 2 is 2.44 bits per heavy atom. The molecule has 0 aliphatic carbocycles. The fourth-order valence-electron chi connectivity index (χ4n) is 1.57. The summed E-state index contributed by atoms with van der Waals surface area (Å²) in [6.45, 7) is 0.623. The lowest BCUT2D eigenvalue weighted by Crippen LogP contribution is -2.23. The lowest BCUT2D eigenvalue weighted by molar-refractivity contribution is -0.119. The Bertz CT molecular complexity index is 435. The quantitative estimate of drug-likeness (QED) is 0.645. The SMILES string of the molecule is NC(=S)c1cccc(NC2CNC(=O)C2)n1. The van der Waals surface area contributed by atoms with E-state index in [9.17, 15) is 4.79 Å². The van der Waals surface area contributed by atoms with E-state index in [0.717, 1.165) is 0 Å². The zero-order valence-electron chi connectivity index (χ0n) is 8.56. The van der Waals surface area contributed by atoms with Crippen molar-refractivity contribution >= 4 is 28.9 Å². The molecule has 0 saturated carbocycles. The number of carbonyl (C=O) groups excluding carboxylic acids is 1. The molecule has 5 nitrogen and oxygen atoms in total. The van der Waals surface area contributed by atoms with Gasteiger partial charge < -0.3 is 16.4 Å². The minimum atomic E-state index is 0.0583. The highest BCUT2D eigenvalue weighted by atomic mass is 32.1. The highest BCUT2D eigenvalue weighted by Gasteiger charge is 2.21. The molecule has 1 amide bonds. The van der Waals surface area contributed by atoms with Gasteiger partial charge in [-0.15, -0.1) is 0 Å². The first-order chi connectivity index (χ1) is 7.65. The van der Waals surface area contributed by atoms with Crippen LogP contribution in [0.5, 0.6) is 0 Å². The van der Waals surface area contributed by atoms with Crippen LogP contribution in [-0.4, -0.2) is 28.5 Å². The molecular weight excluding hydrogens is 224 g/mol. The van der Waals surface area contributed by atoms with Crippen molar-refractivity contribution in [3.05, 3.63) is 23.9 Å². The first kappa shape index (κ1) is 10.8. The molecule has 0 radical (unpaired) electrons. The van der Waals surface area contributed by atoms with Crippen LogP contribution in [0.15, 0.2) is 18.2 Å². The van der Waals surface area contributed by atoms with Gasteiger partial charge in [0.15, 0.2) is 0 Å². The molecule has 4 N–H and O–H groups in total. The Kier molecular flexibility index (Phi) is 3.00. The molecular formula is C10H12N4OS. The number of nitrogens with two attached hydrogens (primary N) is 1. The van der Waals surface area contributed by atoms with Crippen LogP contribution in [0.2, 0.25) is 0 Å². The van der Waals surface area contributed by atoms with Crippen molar-refractivity contribution in [3.63, 3.8) is 0 Å². The van der Waals surface area contributed by atoms with Gasteiger partial charge in [0.2, 0.25) is 5.91 Å². The van der Waals surface area contributed by atoms with Crippen molar-refractivity contribution in [1.82, 2.24) is 10.3 Å². The zero-order chi connectivity index (χ0) is 11.5. The van der Waals surface area contributed by atoms with E-state index in [0.29, 0.717) is 24.5 Å². The number of nitrogens with zero attached hydrogens (tertiary/aromatic N) is 1. The summed E-state index contributed by atoms with van der Waals surface area (Å²) in [7, 11) is 0. The fourth-order valence-corrected chi connectivity index (χ4v) is 1.68. The third-order valence-electron chi connectivity index (χ3n) is 2.33. The van der Waals surface area contributed by atoms with E-state index in [2.05, 4.69) is 15.6 Å². The number of rotatable bonds is 3. The number of nitrogens with one attached hydrogen (secondary N) is 2. The summed E-state index contributed by atoms with van der Waals surface area (Å²) in [5, 5.41) is 5.90. The molecule has 1 fully saturated rings. The van der Waals surface area contributed by atoms with Crippen LogP contribution in [0.4, 0.5) is 5.82 Å². The van der Waals surface area contributed by atoms with Gasteiger partial charge in [0.1, 0.15) is 10.8 Å². The van der Waals surface area contributed by atoms with Crippen molar-refractivity contribution in [2.75, 3.05) is 11.9 Å². The minimum absolute atomic E-state index is 0.0583. The second-order valence-electron chi connectivity index (χ2n) is 3.62. The predicted octanol–water partition coefficient (Wildman–Crippen LogP) is 0.0162. The van der Waals surface area contributed by atoms with Crippen LogP contribution in [0, 0.1) is 0 Å². The monoisotopic (exact) mass is 236 g/mol. The fraction of sp³-hybridized carbons (Fsp3) is 0.300. The number of anilines is 1. The molecule has 2 heterocycles. The Labute approximate surface area is 98.4 Å². The molecule has 1 aliphatic heterocycles. The summed E-state index contributed by atoms with van der Waals surface area (Å²) < 4.78 is 0. The van der Waals surface area contributed by atoms with Gasteiger partial charge in [0, 0.05) is 13.0 Å². The number of pyridine rings is 1. The molecule has 1 aliphatic rings. The zero-order valence-corrected chi connectivity index (χ0v) is 9.38. The smallest absolute Gasteiger partial charge is 0.222 e. The number of amides is 1. The average Bonchev–Trinajstić information content (AvgIpc) is 2.64. The first-order valence-corrected chi connectivity index (χ1v) is 5.36. The number of hydrogen-bond donors (Lipinski definition) is 3. The van der Waals surface area contributed by atoms with Crippen LogP contribution >= 0.6 is 12.2 Å². The van der Waals surface area contributed by atoms with E-state index in [4.69, 9.17) is 18.0 Å². The first-order valence-electron chi connectivity index (χ1n) is 4.95. The van der Waals surface area contributed by atoms with Gasteiger partial charge in [0.25, 0.3) is 0 Å². The normalized spacial score (nSPS) is 19.2. The molecule has 1 atom stereocenters. The van der Waals surface area contributed by atoms with Crippen LogP contribution in [0.25, 0.3) is 0 Å². The van der Waals surface area contributed by atoms with Gasteiger partial charge in [-0.1, -0.05) is 18.3 Å². The summed E-state index contributed by atoms with van der Waals surface area (Å²) in [5.41, 5.74) is 6.07. The summed E-state index contributed by atoms with van der Waals surface area (Å²) in [6.07, 6.45) is 0.471. The van der Waals surface area contributed by atoms with Gasteiger partial charge in [0.05, 0.1) is 11.7 Å². The van der Waals surface area contributed by atoms with Crippen molar-refractivity contribution in [2.45, 2.75) is 12.5 Å². The van der Waals surface area contributed by atoms with E-state index >= 15 is 0 Å². The average molecular weight is 236 g/mol. The van der Waals surface area contributed by atoms with E-state index in [1.54, 1.807) is 6.07 Å². The molecule has 1 aromatic rings. The third kappa shape index (κ3) is 2.46. The largest absolute Gasteiger partial charge is 0.388 e. The summed E-state index contributed by atoms with van der Waals surface area (Å²) >= 11 is 4.84. The van der Waals surface area contributed by atoms with E-state index < -0.39 is 0 Å². The van der Waals surface area contributed by atoms with E-state index in [1.165, 1.54) is 0 Å². The summed E-state index contributed by atoms with van der Waals surface area (Å²) in [4.78, 5) is 15.5. The molecule has 0 spiro atoms. The number of aromatic nitrogens is 1. The molecule has 6 heteroatoms. The summed E-state index contributed by atoms with van der Waals surface area (Å²) in [6, 6.07) is 5.49. The topological polar surface area (TPSA) is 80.0 Å². The van der Waals surface area contributed by atoms with Gasteiger partial charge in [-0.2, -0.15) is 0 Å².